The highest BCUT2D eigenvalue weighted by Gasteiger charge is 2.15. The topological polar surface area (TPSA) is 71.8 Å². The largest absolute Gasteiger partial charge is 0.497 e. The average Bonchev–Trinajstić information content (AvgIpc) is 2.86. The molecule has 0 unspecified atom stereocenters. The Morgan fingerprint density at radius 1 is 1.55 bits per heavy atom. The van der Waals surface area contributed by atoms with E-state index in [0.29, 0.717) is 5.04 Å². The van der Waals surface area contributed by atoms with Crippen LogP contribution in [0, 0.1) is 0 Å². The summed E-state index contributed by atoms with van der Waals surface area (Å²) in [6.07, 6.45) is 1.86. The van der Waals surface area contributed by atoms with E-state index in [2.05, 4.69) is 9.98 Å². The number of carboxylic acid groups (broad SMARTS) is 1. The number of aromatic nitrogens is 1. The van der Waals surface area contributed by atoms with E-state index in [1.54, 1.807) is 14.0 Å². The minimum absolute atomic E-state index is 0.639. The number of thioether (sulfide) groups is 1. The number of hydrogen-bond acceptors (Lipinski definition) is 6. The van der Waals surface area contributed by atoms with Crippen LogP contribution in [0.2, 0.25) is 0 Å². The molecular weight excluding hydrogens is 296 g/mol. The molecule has 0 aliphatic heterocycles. The van der Waals surface area contributed by atoms with E-state index in [9.17, 15) is 4.79 Å². The quantitative estimate of drug-likeness (QED) is 0.694. The van der Waals surface area contributed by atoms with Crippen molar-refractivity contribution >= 4 is 44.3 Å². The van der Waals surface area contributed by atoms with Crippen molar-refractivity contribution in [2.75, 3.05) is 13.4 Å². The van der Waals surface area contributed by atoms with Crippen LogP contribution in [0.3, 0.4) is 0 Å². The Morgan fingerprint density at radius 3 is 2.90 bits per heavy atom. The Kier molecular flexibility index (Phi) is 4.61. The summed E-state index contributed by atoms with van der Waals surface area (Å²) < 4.78 is 6.17. The molecular formula is C13H14N2O3S2. The highest BCUT2D eigenvalue weighted by atomic mass is 32.2. The standard InChI is InChI=1S/C13H14N2O3S2/c1-7(13(16)17)14-11(19-3)12-15-9-5-4-8(18-2)6-10(9)20-12/h4-7H,1-3H3,(H,16,17)/t7-/m1/s1. The first-order chi connectivity index (χ1) is 9.55. The summed E-state index contributed by atoms with van der Waals surface area (Å²) in [7, 11) is 1.62. The van der Waals surface area contributed by atoms with Crippen LogP contribution in [0.5, 0.6) is 5.75 Å². The zero-order chi connectivity index (χ0) is 14.7. The number of rotatable bonds is 4. The normalized spacial score (nSPS) is 13.4. The molecule has 1 N–H and O–H groups in total. The maximum atomic E-state index is 10.9. The third-order valence-electron chi connectivity index (χ3n) is 2.64. The van der Waals surface area contributed by atoms with Crippen molar-refractivity contribution in [1.29, 1.82) is 0 Å². The number of fused-ring (bicyclic) bond motifs is 1. The van der Waals surface area contributed by atoms with Crippen LogP contribution in [0.25, 0.3) is 10.2 Å². The predicted molar refractivity (Wildman–Crippen MR) is 83.3 cm³/mol. The second-order valence-corrected chi connectivity index (χ2v) is 5.83. The fourth-order valence-corrected chi connectivity index (χ4v) is 3.29. The van der Waals surface area contributed by atoms with Gasteiger partial charge in [0.1, 0.15) is 21.8 Å². The van der Waals surface area contributed by atoms with Crippen LogP contribution in [-0.2, 0) is 4.79 Å². The summed E-state index contributed by atoms with van der Waals surface area (Å²) >= 11 is 2.87. The first-order valence-electron chi connectivity index (χ1n) is 5.84. The monoisotopic (exact) mass is 310 g/mol. The van der Waals surface area contributed by atoms with Crippen LogP contribution >= 0.6 is 23.1 Å². The number of ether oxygens (including phenoxy) is 1. The Morgan fingerprint density at radius 2 is 2.30 bits per heavy atom. The Balaban J connectivity index is 2.42. The molecule has 1 heterocycles. The number of carboxylic acids is 1. The molecule has 0 aliphatic rings. The molecule has 2 rings (SSSR count). The molecule has 0 saturated heterocycles. The Labute approximate surface area is 124 Å². The van der Waals surface area contributed by atoms with Gasteiger partial charge in [0.2, 0.25) is 0 Å². The lowest BCUT2D eigenvalue weighted by molar-refractivity contribution is -0.137. The van der Waals surface area contributed by atoms with Crippen LogP contribution in [0.1, 0.15) is 11.9 Å². The maximum absolute atomic E-state index is 10.9. The van der Waals surface area contributed by atoms with Gasteiger partial charge in [-0.15, -0.1) is 23.1 Å². The first-order valence-corrected chi connectivity index (χ1v) is 7.89. The third-order valence-corrected chi connectivity index (χ3v) is 4.48. The highest BCUT2D eigenvalue weighted by molar-refractivity contribution is 8.14. The molecule has 5 nitrogen and oxygen atoms in total. The summed E-state index contributed by atoms with van der Waals surface area (Å²) in [5.41, 5.74) is 0.857. The lowest BCUT2D eigenvalue weighted by Crippen LogP contribution is -2.15. The summed E-state index contributed by atoms with van der Waals surface area (Å²) in [4.78, 5) is 19.6. The molecule has 20 heavy (non-hydrogen) atoms. The van der Waals surface area contributed by atoms with Gasteiger partial charge in [-0.25, -0.2) is 9.78 Å². The second-order valence-electron chi connectivity index (χ2n) is 4.01. The number of benzene rings is 1. The van der Waals surface area contributed by atoms with Crippen molar-refractivity contribution in [3.63, 3.8) is 0 Å². The minimum Gasteiger partial charge on any atom is -0.497 e. The number of carbonyl (C=O) groups is 1. The van der Waals surface area contributed by atoms with E-state index in [4.69, 9.17) is 9.84 Å². The zero-order valence-electron chi connectivity index (χ0n) is 11.3. The van der Waals surface area contributed by atoms with Gasteiger partial charge in [-0.2, -0.15) is 0 Å². The second kappa shape index (κ2) is 6.23. The van der Waals surface area contributed by atoms with Gasteiger partial charge in [-0.1, -0.05) is 0 Å². The van der Waals surface area contributed by atoms with Gasteiger partial charge in [0.25, 0.3) is 0 Å². The van der Waals surface area contributed by atoms with Gasteiger partial charge >= 0.3 is 5.97 Å². The lowest BCUT2D eigenvalue weighted by atomic mass is 10.3. The van der Waals surface area contributed by atoms with Crippen molar-refractivity contribution in [1.82, 2.24) is 4.98 Å². The smallest absolute Gasteiger partial charge is 0.328 e. The van der Waals surface area contributed by atoms with Crippen LogP contribution in [-0.4, -0.2) is 40.5 Å². The fraction of sp³-hybridized carbons (Fsp3) is 0.308. The number of aliphatic carboxylic acids is 1. The Hall–Kier alpha value is -1.60. The van der Waals surface area contributed by atoms with Crippen molar-refractivity contribution in [2.45, 2.75) is 13.0 Å². The molecule has 7 heteroatoms. The van der Waals surface area contributed by atoms with Crippen molar-refractivity contribution in [3.05, 3.63) is 23.2 Å². The molecule has 0 radical (unpaired) electrons. The molecule has 106 valence electrons. The zero-order valence-corrected chi connectivity index (χ0v) is 12.9. The van der Waals surface area contributed by atoms with Gasteiger partial charge in [-0.05, 0) is 31.4 Å². The molecule has 0 aliphatic carbocycles. The van der Waals surface area contributed by atoms with E-state index >= 15 is 0 Å². The molecule has 1 atom stereocenters. The van der Waals surface area contributed by atoms with Crippen LogP contribution in [0.4, 0.5) is 0 Å². The number of nitrogens with zero attached hydrogens (tertiary/aromatic N) is 2. The highest BCUT2D eigenvalue weighted by Crippen LogP contribution is 2.28. The average molecular weight is 310 g/mol. The SMILES string of the molecule is COc1ccc2nc(C(=N[C@H](C)C(=O)O)SC)sc2c1. The van der Waals surface area contributed by atoms with Gasteiger partial charge in [-0.3, -0.25) is 4.99 Å². The van der Waals surface area contributed by atoms with E-state index in [1.807, 2.05) is 24.5 Å². The molecule has 0 bridgehead atoms. The lowest BCUT2D eigenvalue weighted by Gasteiger charge is -2.02. The molecule has 2 aromatic rings. The molecule has 1 aromatic heterocycles. The van der Waals surface area contributed by atoms with Gasteiger partial charge in [0.15, 0.2) is 0 Å². The molecule has 0 amide bonds. The minimum atomic E-state index is -0.945. The summed E-state index contributed by atoms with van der Waals surface area (Å²) in [5, 5.41) is 10.3. The van der Waals surface area contributed by atoms with E-state index in [-0.39, 0.29) is 0 Å². The maximum Gasteiger partial charge on any atom is 0.328 e. The summed E-state index contributed by atoms with van der Waals surface area (Å²) in [5.74, 6) is -0.173. The number of thiazole rings is 1. The molecule has 0 spiro atoms. The first kappa shape index (κ1) is 14.8. The third kappa shape index (κ3) is 3.10. The molecule has 0 saturated carbocycles. The molecule has 0 fully saturated rings. The van der Waals surface area contributed by atoms with Crippen molar-refractivity contribution < 1.29 is 14.6 Å². The van der Waals surface area contributed by atoms with Crippen molar-refractivity contribution in [3.8, 4) is 5.75 Å². The predicted octanol–water partition coefficient (Wildman–Crippen LogP) is 2.89. The van der Waals surface area contributed by atoms with Gasteiger partial charge in [0.05, 0.1) is 17.3 Å². The van der Waals surface area contributed by atoms with Gasteiger partial charge < -0.3 is 9.84 Å². The van der Waals surface area contributed by atoms with Crippen LogP contribution in [0.15, 0.2) is 23.2 Å². The summed E-state index contributed by atoms with van der Waals surface area (Å²) in [6, 6.07) is 4.86. The number of hydrogen-bond donors (Lipinski definition) is 1. The number of aliphatic imine (C=N–C) groups is 1. The Bertz CT molecular complexity index is 667. The van der Waals surface area contributed by atoms with E-state index in [0.717, 1.165) is 21.0 Å². The van der Waals surface area contributed by atoms with E-state index < -0.39 is 12.0 Å². The number of methoxy groups -OCH3 is 1. The fourth-order valence-electron chi connectivity index (χ4n) is 1.55. The van der Waals surface area contributed by atoms with Gasteiger partial charge in [0, 0.05) is 0 Å². The summed E-state index contributed by atoms with van der Waals surface area (Å²) in [6.45, 7) is 1.55. The van der Waals surface area contributed by atoms with Crippen LogP contribution < -0.4 is 4.74 Å². The van der Waals surface area contributed by atoms with E-state index in [1.165, 1.54) is 23.1 Å². The molecule has 1 aromatic carbocycles. The van der Waals surface area contributed by atoms with Crippen molar-refractivity contribution in [2.24, 2.45) is 4.99 Å².